The van der Waals surface area contributed by atoms with Crippen molar-refractivity contribution in [1.82, 2.24) is 4.98 Å². The highest BCUT2D eigenvalue weighted by Gasteiger charge is 2.13. The predicted molar refractivity (Wildman–Crippen MR) is 117 cm³/mol. The molecule has 3 aromatic rings. The average Bonchev–Trinajstić information content (AvgIpc) is 3.34. The summed E-state index contributed by atoms with van der Waals surface area (Å²) in [6, 6.07) is 12.2. The van der Waals surface area contributed by atoms with Crippen molar-refractivity contribution >= 4 is 40.4 Å². The molecule has 4 nitrogen and oxygen atoms in total. The summed E-state index contributed by atoms with van der Waals surface area (Å²) in [7, 11) is 0. The molecule has 1 N–H and O–H groups in total. The van der Waals surface area contributed by atoms with Gasteiger partial charge in [0.15, 0.2) is 6.29 Å². The molecule has 0 fully saturated rings. The van der Waals surface area contributed by atoms with Crippen molar-refractivity contribution in [3.8, 4) is 0 Å². The summed E-state index contributed by atoms with van der Waals surface area (Å²) in [4.78, 5) is 25.8. The van der Waals surface area contributed by atoms with Crippen LogP contribution in [0.5, 0.6) is 0 Å². The van der Waals surface area contributed by atoms with E-state index >= 15 is 0 Å². The van der Waals surface area contributed by atoms with Crippen LogP contribution in [0.4, 0.5) is 5.69 Å². The molecule has 1 heterocycles. The molecule has 0 bridgehead atoms. The second-order valence-corrected chi connectivity index (χ2v) is 8.03. The molecule has 29 heavy (non-hydrogen) atoms. The van der Waals surface area contributed by atoms with E-state index in [0.29, 0.717) is 10.7 Å². The molecule has 0 aliphatic heterocycles. The standard InChI is InChI=1S/C13H10ClNO.C11H13NO/c14-13-11(7-16)5-10-4-8-2-1-3-9(8)6-12(10)15-13;1-8(13)12-11-6-5-9-3-2-4-10(9)7-11/h4-7H,1-3H2;5-7H,2-4H2,1H3,(H,12,13). The zero-order valence-electron chi connectivity index (χ0n) is 16.4. The fraction of sp³-hybridized carbons (Fsp3) is 0.292. The minimum atomic E-state index is -0.00190. The van der Waals surface area contributed by atoms with Crippen LogP contribution in [0, 0.1) is 0 Å². The summed E-state index contributed by atoms with van der Waals surface area (Å²) in [5, 5.41) is 4.09. The number of anilines is 1. The fourth-order valence-corrected chi connectivity index (χ4v) is 4.37. The van der Waals surface area contributed by atoms with Crippen molar-refractivity contribution in [1.29, 1.82) is 0 Å². The highest BCUT2D eigenvalue weighted by atomic mass is 35.5. The summed E-state index contributed by atoms with van der Waals surface area (Å²) in [6.07, 6.45) is 7.81. The number of nitrogens with zero attached hydrogens (tertiary/aromatic N) is 1. The number of halogens is 1. The Hall–Kier alpha value is -2.72. The SMILES string of the molecule is CC(=O)Nc1ccc2c(c1)CCC2.O=Cc1cc2cc3c(cc2nc1Cl)CCC3. The van der Waals surface area contributed by atoms with Crippen LogP contribution in [-0.4, -0.2) is 17.2 Å². The molecule has 0 radical (unpaired) electrons. The van der Waals surface area contributed by atoms with E-state index in [-0.39, 0.29) is 5.91 Å². The number of aromatic nitrogens is 1. The second kappa shape index (κ2) is 8.34. The largest absolute Gasteiger partial charge is 0.326 e. The maximum Gasteiger partial charge on any atom is 0.221 e. The Labute approximate surface area is 175 Å². The third kappa shape index (κ3) is 4.33. The molecule has 1 amide bonds. The van der Waals surface area contributed by atoms with E-state index in [1.807, 2.05) is 12.1 Å². The Bertz CT molecular complexity index is 1110. The van der Waals surface area contributed by atoms with Crippen LogP contribution in [0.2, 0.25) is 5.15 Å². The number of fused-ring (bicyclic) bond motifs is 3. The van der Waals surface area contributed by atoms with Crippen molar-refractivity contribution in [3.05, 3.63) is 69.4 Å². The number of carbonyl (C=O) groups excluding carboxylic acids is 2. The first kappa shape index (κ1) is 19.6. The molecule has 0 unspecified atom stereocenters. The first-order valence-corrected chi connectivity index (χ1v) is 10.4. The Morgan fingerprint density at radius 1 is 0.966 bits per heavy atom. The van der Waals surface area contributed by atoms with Crippen LogP contribution in [-0.2, 0) is 30.5 Å². The van der Waals surface area contributed by atoms with Crippen LogP contribution >= 0.6 is 11.6 Å². The molecular formula is C24H23ClN2O2. The normalized spacial score (nSPS) is 14.0. The number of benzene rings is 2. The van der Waals surface area contributed by atoms with Gasteiger partial charge in [0.05, 0.1) is 11.1 Å². The van der Waals surface area contributed by atoms with E-state index in [4.69, 9.17) is 11.6 Å². The number of hydrogen-bond acceptors (Lipinski definition) is 3. The lowest BCUT2D eigenvalue weighted by molar-refractivity contribution is -0.114. The number of aldehydes is 1. The van der Waals surface area contributed by atoms with E-state index < -0.39 is 0 Å². The average molecular weight is 407 g/mol. The molecule has 148 valence electrons. The molecule has 5 heteroatoms. The van der Waals surface area contributed by atoms with Crippen molar-refractivity contribution in [3.63, 3.8) is 0 Å². The van der Waals surface area contributed by atoms with Crippen LogP contribution in [0.1, 0.15) is 52.4 Å². The quantitative estimate of drug-likeness (QED) is 0.462. The zero-order valence-corrected chi connectivity index (χ0v) is 17.2. The zero-order chi connectivity index (χ0) is 20.4. The summed E-state index contributed by atoms with van der Waals surface area (Å²) < 4.78 is 0. The Morgan fingerprint density at radius 3 is 2.31 bits per heavy atom. The molecule has 0 saturated heterocycles. The maximum absolute atomic E-state index is 10.8. The number of rotatable bonds is 2. The summed E-state index contributed by atoms with van der Waals surface area (Å²) in [5.41, 5.74) is 7.86. The smallest absolute Gasteiger partial charge is 0.221 e. The van der Waals surface area contributed by atoms with E-state index in [0.717, 1.165) is 42.1 Å². The number of nitrogens with one attached hydrogen (secondary N) is 1. The fourth-order valence-electron chi connectivity index (χ4n) is 4.18. The molecule has 5 rings (SSSR count). The van der Waals surface area contributed by atoms with Gasteiger partial charge >= 0.3 is 0 Å². The first-order chi connectivity index (χ1) is 14.0. The summed E-state index contributed by atoms with van der Waals surface area (Å²) in [5.74, 6) is -0.00190. The topological polar surface area (TPSA) is 59.1 Å². The van der Waals surface area contributed by atoms with Gasteiger partial charge in [-0.2, -0.15) is 0 Å². The molecule has 0 saturated carbocycles. The van der Waals surface area contributed by atoms with Crippen LogP contribution in [0.15, 0.2) is 36.4 Å². The molecule has 1 aromatic heterocycles. The number of hydrogen-bond donors (Lipinski definition) is 1. The second-order valence-electron chi connectivity index (χ2n) is 7.67. The van der Waals surface area contributed by atoms with E-state index in [1.165, 1.54) is 48.4 Å². The highest BCUT2D eigenvalue weighted by molar-refractivity contribution is 6.32. The number of carbonyl (C=O) groups is 2. The lowest BCUT2D eigenvalue weighted by atomic mass is 10.1. The molecule has 0 atom stereocenters. The number of aryl methyl sites for hydroxylation is 4. The summed E-state index contributed by atoms with van der Waals surface area (Å²) in [6.45, 7) is 1.53. The minimum Gasteiger partial charge on any atom is -0.326 e. The van der Waals surface area contributed by atoms with Gasteiger partial charge in [-0.25, -0.2) is 4.98 Å². The van der Waals surface area contributed by atoms with Crippen molar-refractivity contribution in [2.45, 2.75) is 45.4 Å². The van der Waals surface area contributed by atoms with Gasteiger partial charge in [-0.05, 0) is 91.1 Å². The van der Waals surface area contributed by atoms with Crippen molar-refractivity contribution in [2.24, 2.45) is 0 Å². The van der Waals surface area contributed by atoms with E-state index in [2.05, 4.69) is 34.6 Å². The van der Waals surface area contributed by atoms with Gasteiger partial charge < -0.3 is 5.32 Å². The van der Waals surface area contributed by atoms with E-state index in [9.17, 15) is 9.59 Å². The highest BCUT2D eigenvalue weighted by Crippen LogP contribution is 2.28. The van der Waals surface area contributed by atoms with Crippen molar-refractivity contribution in [2.75, 3.05) is 5.32 Å². The molecule has 2 aliphatic rings. The number of pyridine rings is 1. The Balaban J connectivity index is 0.000000145. The maximum atomic E-state index is 10.8. The van der Waals surface area contributed by atoms with Gasteiger partial charge in [0.25, 0.3) is 0 Å². The van der Waals surface area contributed by atoms with Crippen LogP contribution in [0.3, 0.4) is 0 Å². The third-order valence-corrected chi connectivity index (χ3v) is 5.86. The molecule has 2 aliphatic carbocycles. The molecular weight excluding hydrogens is 384 g/mol. The van der Waals surface area contributed by atoms with Crippen LogP contribution in [0.25, 0.3) is 10.9 Å². The Kier molecular flexibility index (Phi) is 5.63. The Morgan fingerprint density at radius 2 is 1.62 bits per heavy atom. The number of amides is 1. The van der Waals surface area contributed by atoms with E-state index in [1.54, 1.807) is 0 Å². The van der Waals surface area contributed by atoms with Gasteiger partial charge in [0.1, 0.15) is 5.15 Å². The van der Waals surface area contributed by atoms with Crippen LogP contribution < -0.4 is 5.32 Å². The van der Waals surface area contributed by atoms with Gasteiger partial charge in [-0.15, -0.1) is 0 Å². The lowest BCUT2D eigenvalue weighted by Gasteiger charge is -2.04. The molecule has 2 aromatic carbocycles. The van der Waals surface area contributed by atoms with Gasteiger partial charge in [-0.1, -0.05) is 17.7 Å². The predicted octanol–water partition coefficient (Wildman–Crippen LogP) is 5.32. The van der Waals surface area contributed by atoms with Gasteiger partial charge in [0, 0.05) is 18.0 Å². The van der Waals surface area contributed by atoms with Gasteiger partial charge in [-0.3, -0.25) is 9.59 Å². The minimum absolute atomic E-state index is 0.00190. The van der Waals surface area contributed by atoms with Gasteiger partial charge in [0.2, 0.25) is 5.91 Å². The summed E-state index contributed by atoms with van der Waals surface area (Å²) >= 11 is 5.91. The first-order valence-electron chi connectivity index (χ1n) is 10.00. The van der Waals surface area contributed by atoms with Crippen molar-refractivity contribution < 1.29 is 9.59 Å². The molecule has 0 spiro atoms. The monoisotopic (exact) mass is 406 g/mol. The third-order valence-electron chi connectivity index (χ3n) is 5.55. The lowest BCUT2D eigenvalue weighted by Crippen LogP contribution is -2.05.